The molecule has 0 amide bonds. The quantitative estimate of drug-likeness (QED) is 0.659. The first-order chi connectivity index (χ1) is 5.58. The number of hydrogen-bond acceptors (Lipinski definition) is 1. The lowest BCUT2D eigenvalue weighted by Gasteiger charge is -2.17. The molecule has 0 aliphatic heterocycles. The molecular formula is C11H18S. The zero-order valence-electron chi connectivity index (χ0n) is 8.26. The van der Waals surface area contributed by atoms with Crippen LogP contribution in [-0.4, -0.2) is 0 Å². The van der Waals surface area contributed by atoms with Crippen LogP contribution in [-0.2, 0) is 6.42 Å². The highest BCUT2D eigenvalue weighted by Gasteiger charge is 2.09. The summed E-state index contributed by atoms with van der Waals surface area (Å²) in [5.41, 5.74) is 0.497. The first kappa shape index (κ1) is 9.79. The molecule has 0 aromatic carbocycles. The van der Waals surface area contributed by atoms with Gasteiger partial charge in [0.05, 0.1) is 0 Å². The third-order valence-corrected chi connectivity index (χ3v) is 2.87. The second-order valence-electron chi connectivity index (χ2n) is 4.49. The minimum Gasteiger partial charge on any atom is -0.149 e. The molecule has 0 aliphatic rings. The molecule has 0 N–H and O–H groups in total. The lowest BCUT2D eigenvalue weighted by atomic mass is 9.90. The third-order valence-electron chi connectivity index (χ3n) is 1.93. The summed E-state index contributed by atoms with van der Waals surface area (Å²) < 4.78 is 0. The molecule has 0 saturated heterocycles. The molecule has 0 saturated carbocycles. The number of thiophene rings is 1. The highest BCUT2D eigenvalue weighted by atomic mass is 32.1. The highest BCUT2D eigenvalue weighted by Crippen LogP contribution is 2.22. The number of aryl methyl sites for hydroxylation is 1. The van der Waals surface area contributed by atoms with Crippen LogP contribution in [0.2, 0.25) is 0 Å². The maximum Gasteiger partial charge on any atom is 0.00452 e. The molecule has 0 spiro atoms. The van der Waals surface area contributed by atoms with E-state index in [1.165, 1.54) is 24.1 Å². The second kappa shape index (κ2) is 4.08. The zero-order chi connectivity index (χ0) is 9.03. The van der Waals surface area contributed by atoms with Crippen molar-refractivity contribution in [2.24, 2.45) is 5.41 Å². The van der Waals surface area contributed by atoms with E-state index < -0.39 is 0 Å². The van der Waals surface area contributed by atoms with Crippen molar-refractivity contribution in [2.45, 2.75) is 40.0 Å². The monoisotopic (exact) mass is 182 g/mol. The van der Waals surface area contributed by atoms with Crippen LogP contribution in [0.4, 0.5) is 0 Å². The summed E-state index contributed by atoms with van der Waals surface area (Å²) in [6.45, 7) is 6.92. The summed E-state index contributed by atoms with van der Waals surface area (Å²) in [5.74, 6) is 0. The molecule has 1 aromatic rings. The summed E-state index contributed by atoms with van der Waals surface area (Å²) in [7, 11) is 0. The van der Waals surface area contributed by atoms with Crippen LogP contribution in [0.15, 0.2) is 17.5 Å². The van der Waals surface area contributed by atoms with Crippen LogP contribution in [0.5, 0.6) is 0 Å². The Morgan fingerprint density at radius 2 is 2.08 bits per heavy atom. The van der Waals surface area contributed by atoms with E-state index in [9.17, 15) is 0 Å². The Labute approximate surface area is 79.6 Å². The topological polar surface area (TPSA) is 0 Å². The van der Waals surface area contributed by atoms with Crippen LogP contribution in [0.25, 0.3) is 0 Å². The van der Waals surface area contributed by atoms with E-state index in [-0.39, 0.29) is 0 Å². The molecule has 0 aliphatic carbocycles. The van der Waals surface area contributed by atoms with Gasteiger partial charge in [0.1, 0.15) is 0 Å². The lowest BCUT2D eigenvalue weighted by molar-refractivity contribution is 0.366. The Balaban J connectivity index is 2.20. The van der Waals surface area contributed by atoms with Crippen molar-refractivity contribution in [2.75, 3.05) is 0 Å². The smallest absolute Gasteiger partial charge is 0.00452 e. The first-order valence-corrected chi connectivity index (χ1v) is 5.48. The number of hydrogen-bond donors (Lipinski definition) is 0. The van der Waals surface area contributed by atoms with Gasteiger partial charge in [-0.15, -0.1) is 11.3 Å². The fraction of sp³-hybridized carbons (Fsp3) is 0.636. The van der Waals surface area contributed by atoms with Gasteiger partial charge >= 0.3 is 0 Å². The Hall–Kier alpha value is -0.300. The second-order valence-corrected chi connectivity index (χ2v) is 5.53. The van der Waals surface area contributed by atoms with E-state index in [4.69, 9.17) is 0 Å². The molecule has 0 fully saturated rings. The minimum absolute atomic E-state index is 0.497. The Kier molecular flexibility index (Phi) is 3.33. The van der Waals surface area contributed by atoms with Crippen LogP contribution in [0, 0.1) is 5.41 Å². The van der Waals surface area contributed by atoms with Crippen molar-refractivity contribution in [3.63, 3.8) is 0 Å². The van der Waals surface area contributed by atoms with Gasteiger partial charge in [-0.2, -0.15) is 0 Å². The fourth-order valence-electron chi connectivity index (χ4n) is 1.25. The molecule has 1 heteroatoms. The van der Waals surface area contributed by atoms with Gasteiger partial charge in [0.2, 0.25) is 0 Å². The van der Waals surface area contributed by atoms with Gasteiger partial charge in [-0.05, 0) is 36.1 Å². The Bertz CT molecular complexity index is 203. The predicted molar refractivity (Wildman–Crippen MR) is 56.7 cm³/mol. The molecule has 12 heavy (non-hydrogen) atoms. The van der Waals surface area contributed by atoms with Crippen LogP contribution in [0.1, 0.15) is 38.5 Å². The van der Waals surface area contributed by atoms with Gasteiger partial charge < -0.3 is 0 Å². The predicted octanol–water partition coefficient (Wildman–Crippen LogP) is 4.12. The summed E-state index contributed by atoms with van der Waals surface area (Å²) in [6, 6.07) is 4.37. The van der Waals surface area contributed by atoms with Gasteiger partial charge in [0.15, 0.2) is 0 Å². The molecule has 0 radical (unpaired) electrons. The van der Waals surface area contributed by atoms with Crippen molar-refractivity contribution in [3.05, 3.63) is 22.4 Å². The molecule has 0 unspecified atom stereocenters. The highest BCUT2D eigenvalue weighted by molar-refractivity contribution is 7.09. The van der Waals surface area contributed by atoms with E-state index in [0.29, 0.717) is 5.41 Å². The van der Waals surface area contributed by atoms with Crippen LogP contribution >= 0.6 is 11.3 Å². The maximum absolute atomic E-state index is 2.31. The molecule has 1 aromatic heterocycles. The van der Waals surface area contributed by atoms with Crippen molar-refractivity contribution >= 4 is 11.3 Å². The van der Waals surface area contributed by atoms with Crippen molar-refractivity contribution < 1.29 is 0 Å². The summed E-state index contributed by atoms with van der Waals surface area (Å²) in [4.78, 5) is 1.53. The third kappa shape index (κ3) is 3.91. The minimum atomic E-state index is 0.497. The van der Waals surface area contributed by atoms with E-state index in [1.807, 2.05) is 11.3 Å². The van der Waals surface area contributed by atoms with Crippen molar-refractivity contribution in [1.82, 2.24) is 0 Å². The SMILES string of the molecule is CC(C)(C)CCCc1cccs1. The van der Waals surface area contributed by atoms with E-state index in [1.54, 1.807) is 0 Å². The molecule has 1 rings (SSSR count). The summed E-state index contributed by atoms with van der Waals surface area (Å²) >= 11 is 1.87. The Morgan fingerprint density at radius 1 is 1.33 bits per heavy atom. The zero-order valence-corrected chi connectivity index (χ0v) is 9.08. The molecular weight excluding hydrogens is 164 g/mol. The standard InChI is InChI=1S/C11H18S/c1-11(2,3)8-4-6-10-7-5-9-12-10/h5,7,9H,4,6,8H2,1-3H3. The summed E-state index contributed by atoms with van der Waals surface area (Å²) in [5, 5.41) is 2.16. The van der Waals surface area contributed by atoms with Crippen LogP contribution < -0.4 is 0 Å². The molecule has 0 bridgehead atoms. The fourth-order valence-corrected chi connectivity index (χ4v) is 2.00. The van der Waals surface area contributed by atoms with Crippen LogP contribution in [0.3, 0.4) is 0 Å². The summed E-state index contributed by atoms with van der Waals surface area (Å²) in [6.07, 6.45) is 3.91. The van der Waals surface area contributed by atoms with Crippen molar-refractivity contribution in [1.29, 1.82) is 0 Å². The van der Waals surface area contributed by atoms with Gasteiger partial charge in [-0.1, -0.05) is 26.8 Å². The van der Waals surface area contributed by atoms with Gasteiger partial charge in [0.25, 0.3) is 0 Å². The average Bonchev–Trinajstić information content (AvgIpc) is 2.36. The van der Waals surface area contributed by atoms with Gasteiger partial charge in [0, 0.05) is 4.88 Å². The lowest BCUT2D eigenvalue weighted by Crippen LogP contribution is -2.04. The van der Waals surface area contributed by atoms with E-state index in [0.717, 1.165) is 0 Å². The average molecular weight is 182 g/mol. The largest absolute Gasteiger partial charge is 0.149 e. The Morgan fingerprint density at radius 3 is 2.58 bits per heavy atom. The maximum atomic E-state index is 2.31. The number of rotatable bonds is 3. The molecule has 0 atom stereocenters. The molecule has 68 valence electrons. The first-order valence-electron chi connectivity index (χ1n) is 4.60. The van der Waals surface area contributed by atoms with Gasteiger partial charge in [-0.25, -0.2) is 0 Å². The van der Waals surface area contributed by atoms with E-state index >= 15 is 0 Å². The molecule has 0 nitrogen and oxygen atoms in total. The normalized spacial score (nSPS) is 11.9. The van der Waals surface area contributed by atoms with Crippen molar-refractivity contribution in [3.8, 4) is 0 Å². The van der Waals surface area contributed by atoms with E-state index in [2.05, 4.69) is 38.3 Å². The molecule has 1 heterocycles. The van der Waals surface area contributed by atoms with Gasteiger partial charge in [-0.3, -0.25) is 0 Å².